The highest BCUT2D eigenvalue weighted by Gasteiger charge is 2.58. The summed E-state index contributed by atoms with van der Waals surface area (Å²) < 4.78 is 52.0. The standard InChI is InChI=1S/C15H18BF3O2/c1-13(2)14(3,4)21-16(20-13)11-7-9(5-6-12(11)17)10-8-15(10,18)19/h5-7,10H,8H2,1-4H3. The normalized spacial score (nSPS) is 28.7. The highest BCUT2D eigenvalue weighted by molar-refractivity contribution is 6.62. The first-order chi connectivity index (χ1) is 9.53. The van der Waals surface area contributed by atoms with Crippen LogP contribution >= 0.6 is 0 Å². The molecule has 6 heteroatoms. The van der Waals surface area contributed by atoms with Gasteiger partial charge in [-0.25, -0.2) is 13.2 Å². The summed E-state index contributed by atoms with van der Waals surface area (Å²) in [6.07, 6.45) is -0.179. The molecular formula is C15H18BF3O2. The van der Waals surface area contributed by atoms with E-state index in [1.165, 1.54) is 18.2 Å². The number of benzene rings is 1. The summed E-state index contributed by atoms with van der Waals surface area (Å²) in [6.45, 7) is 7.46. The van der Waals surface area contributed by atoms with E-state index in [0.29, 0.717) is 5.56 Å². The Hall–Kier alpha value is -1.01. The predicted octanol–water partition coefficient (Wildman–Crippen LogP) is 3.25. The molecule has 0 radical (unpaired) electrons. The van der Waals surface area contributed by atoms with Crippen molar-refractivity contribution in [3.05, 3.63) is 29.6 Å². The van der Waals surface area contributed by atoms with Gasteiger partial charge in [0.2, 0.25) is 0 Å². The van der Waals surface area contributed by atoms with E-state index in [1.807, 2.05) is 27.7 Å². The highest BCUT2D eigenvalue weighted by Crippen LogP contribution is 2.55. The van der Waals surface area contributed by atoms with Gasteiger partial charge in [0.1, 0.15) is 5.82 Å². The lowest BCUT2D eigenvalue weighted by atomic mass is 9.77. The number of hydrogen-bond donors (Lipinski definition) is 0. The van der Waals surface area contributed by atoms with Gasteiger partial charge in [-0.2, -0.15) is 0 Å². The minimum Gasteiger partial charge on any atom is -0.399 e. The van der Waals surface area contributed by atoms with Gasteiger partial charge in [0, 0.05) is 11.9 Å². The third kappa shape index (κ3) is 2.38. The lowest BCUT2D eigenvalue weighted by Crippen LogP contribution is -2.41. The first-order valence-corrected chi connectivity index (χ1v) is 7.06. The minimum absolute atomic E-state index is 0.179. The van der Waals surface area contributed by atoms with Crippen LogP contribution in [-0.4, -0.2) is 24.2 Å². The van der Waals surface area contributed by atoms with Crippen LogP contribution in [0.15, 0.2) is 18.2 Å². The summed E-state index contributed by atoms with van der Waals surface area (Å²) in [5, 5.41) is 0. The van der Waals surface area contributed by atoms with Crippen LogP contribution in [0.2, 0.25) is 0 Å². The third-order valence-electron chi connectivity index (χ3n) is 4.76. The first-order valence-electron chi connectivity index (χ1n) is 7.06. The van der Waals surface area contributed by atoms with E-state index in [0.717, 1.165) is 0 Å². The quantitative estimate of drug-likeness (QED) is 0.780. The summed E-state index contributed by atoms with van der Waals surface area (Å²) in [4.78, 5) is 0. The lowest BCUT2D eigenvalue weighted by molar-refractivity contribution is 0.00578. The predicted molar refractivity (Wildman–Crippen MR) is 74.4 cm³/mol. The molecule has 1 aliphatic heterocycles. The van der Waals surface area contributed by atoms with Crippen LogP contribution in [0.25, 0.3) is 0 Å². The second-order valence-corrected chi connectivity index (χ2v) is 6.89. The fraction of sp³-hybridized carbons (Fsp3) is 0.600. The van der Waals surface area contributed by atoms with Crippen LogP contribution in [0, 0.1) is 5.82 Å². The van der Waals surface area contributed by atoms with E-state index in [-0.39, 0.29) is 11.9 Å². The zero-order valence-electron chi connectivity index (χ0n) is 12.5. The van der Waals surface area contributed by atoms with Gasteiger partial charge in [0.05, 0.1) is 17.1 Å². The van der Waals surface area contributed by atoms with E-state index in [2.05, 4.69) is 0 Å². The van der Waals surface area contributed by atoms with Gasteiger partial charge in [0.25, 0.3) is 5.92 Å². The van der Waals surface area contributed by atoms with Crippen molar-refractivity contribution in [2.75, 3.05) is 0 Å². The van der Waals surface area contributed by atoms with Crippen LogP contribution in [0.3, 0.4) is 0 Å². The van der Waals surface area contributed by atoms with Gasteiger partial charge in [-0.1, -0.05) is 12.1 Å². The lowest BCUT2D eigenvalue weighted by Gasteiger charge is -2.32. The molecule has 1 aromatic rings. The third-order valence-corrected chi connectivity index (χ3v) is 4.76. The van der Waals surface area contributed by atoms with Crippen LogP contribution in [0.1, 0.15) is 45.6 Å². The molecule has 0 N–H and O–H groups in total. The number of halogens is 3. The number of alkyl halides is 2. The fourth-order valence-electron chi connectivity index (χ4n) is 2.50. The molecule has 21 heavy (non-hydrogen) atoms. The molecule has 1 atom stereocenters. The largest absolute Gasteiger partial charge is 0.497 e. The molecule has 0 aromatic heterocycles. The number of rotatable bonds is 2. The van der Waals surface area contributed by atoms with Crippen LogP contribution < -0.4 is 5.46 Å². The summed E-state index contributed by atoms with van der Waals surface area (Å²) in [6, 6.07) is 4.07. The summed E-state index contributed by atoms with van der Waals surface area (Å²) in [5.41, 5.74) is -0.562. The maximum atomic E-state index is 14.1. The van der Waals surface area contributed by atoms with Gasteiger partial charge in [0.15, 0.2) is 0 Å². The molecule has 2 aliphatic rings. The Kier molecular flexibility index (Phi) is 3.03. The zero-order chi connectivity index (χ0) is 15.6. The van der Waals surface area contributed by atoms with E-state index >= 15 is 0 Å². The highest BCUT2D eigenvalue weighted by atomic mass is 19.3. The van der Waals surface area contributed by atoms with Crippen LogP contribution in [0.4, 0.5) is 13.2 Å². The van der Waals surface area contributed by atoms with Gasteiger partial charge in [-0.15, -0.1) is 0 Å². The van der Waals surface area contributed by atoms with Crippen molar-refractivity contribution in [3.8, 4) is 0 Å². The summed E-state index contributed by atoms with van der Waals surface area (Å²) in [5.74, 6) is -3.99. The van der Waals surface area contributed by atoms with Crippen molar-refractivity contribution in [1.29, 1.82) is 0 Å². The Morgan fingerprint density at radius 3 is 2.10 bits per heavy atom. The summed E-state index contributed by atoms with van der Waals surface area (Å²) >= 11 is 0. The van der Waals surface area contributed by atoms with Crippen molar-refractivity contribution < 1.29 is 22.5 Å². The molecule has 2 nitrogen and oxygen atoms in total. The molecular weight excluding hydrogens is 280 g/mol. The fourth-order valence-corrected chi connectivity index (χ4v) is 2.50. The van der Waals surface area contributed by atoms with E-state index < -0.39 is 36.0 Å². The van der Waals surface area contributed by atoms with Gasteiger partial charge < -0.3 is 9.31 Å². The molecule has 1 saturated heterocycles. The Morgan fingerprint density at radius 1 is 1.10 bits per heavy atom. The zero-order valence-corrected chi connectivity index (χ0v) is 12.5. The molecule has 1 unspecified atom stereocenters. The SMILES string of the molecule is CC1(C)OB(c2cc(C3CC3(F)F)ccc2F)OC1(C)C. The molecule has 0 bridgehead atoms. The molecule has 2 fully saturated rings. The second kappa shape index (κ2) is 4.26. The maximum Gasteiger partial charge on any atom is 0.497 e. The van der Waals surface area contributed by atoms with Gasteiger partial charge >= 0.3 is 7.12 Å². The van der Waals surface area contributed by atoms with Crippen molar-refractivity contribution >= 4 is 12.6 Å². The smallest absolute Gasteiger partial charge is 0.399 e. The molecule has 1 saturated carbocycles. The van der Waals surface area contributed by atoms with E-state index in [9.17, 15) is 13.2 Å². The maximum absolute atomic E-state index is 14.1. The minimum atomic E-state index is -2.68. The van der Waals surface area contributed by atoms with Gasteiger partial charge in [-0.05, 0) is 39.3 Å². The molecule has 0 amide bonds. The Labute approximate surface area is 122 Å². The van der Waals surface area contributed by atoms with Crippen molar-refractivity contribution in [2.45, 2.75) is 57.2 Å². The van der Waals surface area contributed by atoms with E-state index in [4.69, 9.17) is 9.31 Å². The van der Waals surface area contributed by atoms with Crippen molar-refractivity contribution in [3.63, 3.8) is 0 Å². The molecule has 114 valence electrons. The molecule has 0 spiro atoms. The number of hydrogen-bond acceptors (Lipinski definition) is 2. The Morgan fingerprint density at radius 2 is 1.62 bits per heavy atom. The topological polar surface area (TPSA) is 18.5 Å². The Balaban J connectivity index is 1.91. The Bertz CT molecular complexity index is 570. The van der Waals surface area contributed by atoms with Gasteiger partial charge in [-0.3, -0.25) is 0 Å². The molecule has 1 aliphatic carbocycles. The van der Waals surface area contributed by atoms with Crippen LogP contribution in [0.5, 0.6) is 0 Å². The first kappa shape index (κ1) is 14.9. The molecule has 1 aromatic carbocycles. The summed E-state index contributed by atoms with van der Waals surface area (Å²) in [7, 11) is -0.873. The molecule has 3 rings (SSSR count). The average molecular weight is 298 g/mol. The van der Waals surface area contributed by atoms with Crippen LogP contribution in [-0.2, 0) is 9.31 Å². The second-order valence-electron chi connectivity index (χ2n) is 6.89. The average Bonchev–Trinajstić information content (AvgIpc) is 2.90. The monoisotopic (exact) mass is 298 g/mol. The van der Waals surface area contributed by atoms with Crippen molar-refractivity contribution in [1.82, 2.24) is 0 Å². The molecule has 1 heterocycles. The van der Waals surface area contributed by atoms with E-state index in [1.54, 1.807) is 0 Å². The van der Waals surface area contributed by atoms with Crippen molar-refractivity contribution in [2.24, 2.45) is 0 Å².